The van der Waals surface area contributed by atoms with Gasteiger partial charge in [0.1, 0.15) is 17.1 Å². The van der Waals surface area contributed by atoms with E-state index in [1.807, 2.05) is 0 Å². The van der Waals surface area contributed by atoms with E-state index in [-0.39, 0.29) is 11.4 Å². The molecule has 0 fully saturated rings. The molecule has 0 saturated heterocycles. The van der Waals surface area contributed by atoms with Gasteiger partial charge in [-0.3, -0.25) is 4.40 Å². The SMILES string of the molecule is COC(=O)c1nc(CCN)n2cccc(O)c12. The van der Waals surface area contributed by atoms with Crippen LogP contribution in [0.3, 0.4) is 0 Å². The van der Waals surface area contributed by atoms with Gasteiger partial charge in [0.25, 0.3) is 0 Å². The fourth-order valence-electron chi connectivity index (χ4n) is 1.73. The number of nitrogens with zero attached hydrogens (tertiary/aromatic N) is 2. The predicted molar refractivity (Wildman–Crippen MR) is 61.0 cm³/mol. The van der Waals surface area contributed by atoms with Gasteiger partial charge in [0.2, 0.25) is 0 Å². The number of aromatic hydroxyl groups is 1. The molecule has 0 saturated carbocycles. The Hall–Kier alpha value is -2.08. The van der Waals surface area contributed by atoms with Crippen molar-refractivity contribution in [2.24, 2.45) is 5.73 Å². The van der Waals surface area contributed by atoms with Crippen LogP contribution in [0.15, 0.2) is 18.3 Å². The number of rotatable bonds is 3. The molecular formula is C11H13N3O3. The number of hydrogen-bond donors (Lipinski definition) is 2. The normalized spacial score (nSPS) is 10.7. The molecule has 0 unspecified atom stereocenters. The van der Waals surface area contributed by atoms with Gasteiger partial charge in [0, 0.05) is 12.6 Å². The first-order valence-electron chi connectivity index (χ1n) is 5.16. The van der Waals surface area contributed by atoms with Crippen molar-refractivity contribution in [2.75, 3.05) is 13.7 Å². The Morgan fingerprint density at radius 2 is 2.41 bits per heavy atom. The second kappa shape index (κ2) is 4.42. The number of imidazole rings is 1. The smallest absolute Gasteiger partial charge is 0.359 e. The van der Waals surface area contributed by atoms with Crippen molar-refractivity contribution in [2.45, 2.75) is 6.42 Å². The number of pyridine rings is 1. The molecular weight excluding hydrogens is 222 g/mol. The summed E-state index contributed by atoms with van der Waals surface area (Å²) in [4.78, 5) is 15.7. The molecule has 0 amide bonds. The number of carbonyl (C=O) groups is 1. The Balaban J connectivity index is 2.71. The lowest BCUT2D eigenvalue weighted by atomic mass is 10.3. The highest BCUT2D eigenvalue weighted by Gasteiger charge is 2.20. The van der Waals surface area contributed by atoms with Crippen LogP contribution >= 0.6 is 0 Å². The Labute approximate surface area is 97.6 Å². The average molecular weight is 235 g/mol. The standard InChI is InChI=1S/C11H13N3O3/c1-17-11(16)9-10-7(15)3-2-6-14(10)8(13-9)4-5-12/h2-3,6,15H,4-5,12H2,1H3. The molecule has 0 aromatic carbocycles. The third kappa shape index (κ3) is 1.83. The van der Waals surface area contributed by atoms with Crippen LogP contribution in [-0.2, 0) is 11.2 Å². The van der Waals surface area contributed by atoms with Crippen molar-refractivity contribution in [1.82, 2.24) is 9.38 Å². The quantitative estimate of drug-likeness (QED) is 0.748. The number of nitrogens with two attached hydrogens (primary N) is 1. The van der Waals surface area contributed by atoms with Crippen LogP contribution in [-0.4, -0.2) is 34.1 Å². The Morgan fingerprint density at radius 1 is 1.65 bits per heavy atom. The van der Waals surface area contributed by atoms with Crippen molar-refractivity contribution in [3.63, 3.8) is 0 Å². The Bertz CT molecular complexity index is 562. The maximum atomic E-state index is 11.6. The third-order valence-electron chi connectivity index (χ3n) is 2.46. The molecule has 6 heteroatoms. The number of hydrogen-bond acceptors (Lipinski definition) is 5. The first-order valence-corrected chi connectivity index (χ1v) is 5.16. The zero-order valence-corrected chi connectivity index (χ0v) is 9.38. The Morgan fingerprint density at radius 3 is 3.06 bits per heavy atom. The van der Waals surface area contributed by atoms with Gasteiger partial charge in [0.05, 0.1) is 7.11 Å². The van der Waals surface area contributed by atoms with Crippen LogP contribution in [0.4, 0.5) is 0 Å². The van der Waals surface area contributed by atoms with Crippen LogP contribution in [0.25, 0.3) is 5.52 Å². The molecule has 0 aliphatic heterocycles. The molecule has 0 bridgehead atoms. The van der Waals surface area contributed by atoms with Crippen molar-refractivity contribution in [3.05, 3.63) is 29.8 Å². The van der Waals surface area contributed by atoms with E-state index in [9.17, 15) is 9.90 Å². The van der Waals surface area contributed by atoms with Gasteiger partial charge < -0.3 is 15.6 Å². The number of esters is 1. The topological polar surface area (TPSA) is 89.8 Å². The predicted octanol–water partition coefficient (Wildman–Crippen LogP) is 0.328. The maximum absolute atomic E-state index is 11.6. The molecule has 90 valence electrons. The van der Waals surface area contributed by atoms with Gasteiger partial charge in [-0.1, -0.05) is 0 Å². The zero-order chi connectivity index (χ0) is 12.4. The molecule has 3 N–H and O–H groups in total. The van der Waals surface area contributed by atoms with Gasteiger partial charge in [-0.25, -0.2) is 9.78 Å². The summed E-state index contributed by atoms with van der Waals surface area (Å²) in [5.74, 6) is 0.0368. The molecule has 0 spiro atoms. The van der Waals surface area contributed by atoms with Crippen molar-refractivity contribution in [1.29, 1.82) is 0 Å². The monoisotopic (exact) mass is 235 g/mol. The fourth-order valence-corrected chi connectivity index (χ4v) is 1.73. The number of ether oxygens (including phenoxy) is 1. The highest BCUT2D eigenvalue weighted by atomic mass is 16.5. The van der Waals surface area contributed by atoms with Crippen molar-refractivity contribution in [3.8, 4) is 5.75 Å². The van der Waals surface area contributed by atoms with E-state index in [4.69, 9.17) is 5.73 Å². The van der Waals surface area contributed by atoms with E-state index in [0.29, 0.717) is 24.3 Å². The third-order valence-corrected chi connectivity index (χ3v) is 2.46. The van der Waals surface area contributed by atoms with Gasteiger partial charge >= 0.3 is 5.97 Å². The van der Waals surface area contributed by atoms with E-state index in [1.54, 1.807) is 16.7 Å². The van der Waals surface area contributed by atoms with Crippen molar-refractivity contribution >= 4 is 11.5 Å². The molecule has 2 rings (SSSR count). The summed E-state index contributed by atoms with van der Waals surface area (Å²) in [7, 11) is 1.27. The van der Waals surface area contributed by atoms with Crippen LogP contribution in [0, 0.1) is 0 Å². The molecule has 2 aromatic heterocycles. The van der Waals surface area contributed by atoms with Crippen LogP contribution < -0.4 is 5.73 Å². The zero-order valence-electron chi connectivity index (χ0n) is 9.38. The van der Waals surface area contributed by atoms with Gasteiger partial charge in [0.15, 0.2) is 5.69 Å². The Kier molecular flexibility index (Phi) is 2.97. The summed E-state index contributed by atoms with van der Waals surface area (Å²) in [6, 6.07) is 3.17. The highest BCUT2D eigenvalue weighted by Crippen LogP contribution is 2.23. The molecule has 0 aliphatic rings. The summed E-state index contributed by atoms with van der Waals surface area (Å²) in [5.41, 5.74) is 5.93. The lowest BCUT2D eigenvalue weighted by Crippen LogP contribution is -2.06. The summed E-state index contributed by atoms with van der Waals surface area (Å²) in [6.45, 7) is 0.412. The number of aromatic nitrogens is 2. The lowest BCUT2D eigenvalue weighted by Gasteiger charge is -2.00. The second-order valence-corrected chi connectivity index (χ2v) is 3.52. The first-order chi connectivity index (χ1) is 8.19. The summed E-state index contributed by atoms with van der Waals surface area (Å²) >= 11 is 0. The second-order valence-electron chi connectivity index (χ2n) is 3.52. The molecule has 0 atom stereocenters. The van der Waals surface area contributed by atoms with E-state index in [1.165, 1.54) is 13.2 Å². The number of fused-ring (bicyclic) bond motifs is 1. The van der Waals surface area contributed by atoms with Crippen LogP contribution in [0.5, 0.6) is 5.75 Å². The summed E-state index contributed by atoms with van der Waals surface area (Å²) in [6.07, 6.45) is 2.24. The van der Waals surface area contributed by atoms with E-state index in [2.05, 4.69) is 9.72 Å². The lowest BCUT2D eigenvalue weighted by molar-refractivity contribution is 0.0596. The van der Waals surface area contributed by atoms with Gasteiger partial charge in [-0.15, -0.1) is 0 Å². The van der Waals surface area contributed by atoms with Gasteiger partial charge in [-0.05, 0) is 18.7 Å². The summed E-state index contributed by atoms with van der Waals surface area (Å²) < 4.78 is 6.28. The van der Waals surface area contributed by atoms with Crippen LogP contribution in [0.2, 0.25) is 0 Å². The highest BCUT2D eigenvalue weighted by molar-refractivity contribution is 5.96. The van der Waals surface area contributed by atoms with Crippen LogP contribution in [0.1, 0.15) is 16.3 Å². The maximum Gasteiger partial charge on any atom is 0.359 e. The molecule has 0 aliphatic carbocycles. The fraction of sp³-hybridized carbons (Fsp3) is 0.273. The molecule has 17 heavy (non-hydrogen) atoms. The van der Waals surface area contributed by atoms with E-state index < -0.39 is 5.97 Å². The van der Waals surface area contributed by atoms with Gasteiger partial charge in [-0.2, -0.15) is 0 Å². The molecule has 2 aromatic rings. The minimum atomic E-state index is -0.577. The molecule has 0 radical (unpaired) electrons. The van der Waals surface area contributed by atoms with Crippen molar-refractivity contribution < 1.29 is 14.6 Å². The van der Waals surface area contributed by atoms with E-state index in [0.717, 1.165) is 0 Å². The average Bonchev–Trinajstić information content (AvgIpc) is 2.69. The molecule has 6 nitrogen and oxygen atoms in total. The minimum absolute atomic E-state index is 0.0105. The molecule has 2 heterocycles. The number of carbonyl (C=O) groups excluding carboxylic acids is 1. The summed E-state index contributed by atoms with van der Waals surface area (Å²) in [5, 5.41) is 9.78. The number of methoxy groups -OCH3 is 1. The largest absolute Gasteiger partial charge is 0.506 e. The van der Waals surface area contributed by atoms with E-state index >= 15 is 0 Å². The first kappa shape index (κ1) is 11.4. The minimum Gasteiger partial charge on any atom is -0.506 e.